The highest BCUT2D eigenvalue weighted by Gasteiger charge is 2.26. The molecule has 1 aliphatic carbocycles. The molecule has 1 saturated heterocycles. The molecular weight excluding hydrogens is 360 g/mol. The van der Waals surface area contributed by atoms with Crippen molar-refractivity contribution in [3.63, 3.8) is 0 Å². The SMILES string of the molecule is C[C@@H]1CCCC[C@@H]1NC(=O)CCc1ccc(S(=O)(=O)N2CCCCC2)cc1. The van der Waals surface area contributed by atoms with E-state index in [9.17, 15) is 13.2 Å². The van der Waals surface area contributed by atoms with Crippen molar-refractivity contribution in [3.05, 3.63) is 29.8 Å². The minimum Gasteiger partial charge on any atom is -0.353 e. The molecule has 0 spiro atoms. The largest absolute Gasteiger partial charge is 0.353 e. The fourth-order valence-corrected chi connectivity index (χ4v) is 5.67. The first-order chi connectivity index (χ1) is 13.0. The molecule has 150 valence electrons. The Morgan fingerprint density at radius 1 is 1.04 bits per heavy atom. The lowest BCUT2D eigenvalue weighted by Gasteiger charge is -2.29. The van der Waals surface area contributed by atoms with Crippen LogP contribution in [-0.2, 0) is 21.2 Å². The number of amides is 1. The number of rotatable bonds is 6. The molecular formula is C21H32N2O3S. The molecule has 6 heteroatoms. The standard InChI is InChI=1S/C21H32N2O3S/c1-17-7-3-4-8-20(17)22-21(24)14-11-18-9-12-19(13-10-18)27(25,26)23-15-5-2-6-16-23/h9-10,12-13,17,20H,2-8,11,14-16H2,1H3,(H,22,24)/t17-,20+/m1/s1. The van der Waals surface area contributed by atoms with E-state index in [0.717, 1.165) is 31.2 Å². The van der Waals surface area contributed by atoms with E-state index >= 15 is 0 Å². The molecule has 0 radical (unpaired) electrons. The molecule has 2 fully saturated rings. The maximum absolute atomic E-state index is 12.7. The lowest BCUT2D eigenvalue weighted by atomic mass is 9.86. The van der Waals surface area contributed by atoms with Crippen LogP contribution in [0, 0.1) is 5.92 Å². The van der Waals surface area contributed by atoms with Crippen LogP contribution in [0.15, 0.2) is 29.2 Å². The van der Waals surface area contributed by atoms with E-state index in [1.54, 1.807) is 16.4 Å². The molecule has 0 bridgehead atoms. The minimum absolute atomic E-state index is 0.0961. The van der Waals surface area contributed by atoms with Crippen LogP contribution in [0.2, 0.25) is 0 Å². The van der Waals surface area contributed by atoms with Crippen molar-refractivity contribution in [2.24, 2.45) is 5.92 Å². The molecule has 2 atom stereocenters. The Morgan fingerprint density at radius 2 is 1.70 bits per heavy atom. The van der Waals surface area contributed by atoms with Crippen LogP contribution >= 0.6 is 0 Å². The van der Waals surface area contributed by atoms with Crippen molar-refractivity contribution in [2.45, 2.75) is 75.6 Å². The number of hydrogen-bond donors (Lipinski definition) is 1. The number of hydrogen-bond acceptors (Lipinski definition) is 3. The summed E-state index contributed by atoms with van der Waals surface area (Å²) >= 11 is 0. The van der Waals surface area contributed by atoms with Gasteiger partial charge in [-0.15, -0.1) is 0 Å². The fraction of sp³-hybridized carbons (Fsp3) is 0.667. The first kappa shape index (κ1) is 20.3. The Hall–Kier alpha value is -1.40. The van der Waals surface area contributed by atoms with Crippen molar-refractivity contribution in [2.75, 3.05) is 13.1 Å². The predicted octanol–water partition coefficient (Wildman–Crippen LogP) is 3.49. The van der Waals surface area contributed by atoms with Gasteiger partial charge in [-0.2, -0.15) is 4.31 Å². The zero-order chi connectivity index (χ0) is 19.3. The molecule has 1 N–H and O–H groups in total. The number of carbonyl (C=O) groups is 1. The highest BCUT2D eigenvalue weighted by atomic mass is 32.2. The number of carbonyl (C=O) groups excluding carboxylic acids is 1. The van der Waals surface area contributed by atoms with E-state index in [2.05, 4.69) is 12.2 Å². The van der Waals surface area contributed by atoms with Gasteiger partial charge in [-0.3, -0.25) is 4.79 Å². The molecule has 0 aromatic heterocycles. The second-order valence-corrected chi connectivity index (χ2v) is 9.98. The summed E-state index contributed by atoms with van der Waals surface area (Å²) in [6, 6.07) is 7.35. The Balaban J connectivity index is 1.52. The molecule has 0 unspecified atom stereocenters. The van der Waals surface area contributed by atoms with Gasteiger partial charge in [-0.1, -0.05) is 38.3 Å². The van der Waals surface area contributed by atoms with Crippen LogP contribution in [0.4, 0.5) is 0 Å². The first-order valence-electron chi connectivity index (χ1n) is 10.4. The van der Waals surface area contributed by atoms with E-state index in [1.165, 1.54) is 19.3 Å². The number of nitrogens with zero attached hydrogens (tertiary/aromatic N) is 1. The minimum atomic E-state index is -3.38. The number of benzene rings is 1. The third-order valence-corrected chi connectivity index (χ3v) is 7.89. The van der Waals surface area contributed by atoms with Crippen LogP contribution in [0.3, 0.4) is 0 Å². The van der Waals surface area contributed by atoms with E-state index in [1.807, 2.05) is 12.1 Å². The van der Waals surface area contributed by atoms with Crippen LogP contribution in [0.5, 0.6) is 0 Å². The lowest BCUT2D eigenvalue weighted by molar-refractivity contribution is -0.122. The lowest BCUT2D eigenvalue weighted by Crippen LogP contribution is -2.41. The van der Waals surface area contributed by atoms with Crippen molar-refractivity contribution < 1.29 is 13.2 Å². The molecule has 1 aliphatic heterocycles. The molecule has 1 aromatic carbocycles. The van der Waals surface area contributed by atoms with E-state index in [0.29, 0.717) is 42.8 Å². The average Bonchev–Trinajstić information content (AvgIpc) is 2.69. The second kappa shape index (κ2) is 9.20. The predicted molar refractivity (Wildman–Crippen MR) is 107 cm³/mol. The molecule has 2 aliphatic rings. The Morgan fingerprint density at radius 3 is 2.37 bits per heavy atom. The van der Waals surface area contributed by atoms with Gasteiger partial charge in [0, 0.05) is 25.6 Å². The summed E-state index contributed by atoms with van der Waals surface area (Å²) in [7, 11) is -3.38. The summed E-state index contributed by atoms with van der Waals surface area (Å²) in [5.74, 6) is 0.653. The molecule has 1 aromatic rings. The van der Waals surface area contributed by atoms with Crippen LogP contribution < -0.4 is 5.32 Å². The molecule has 5 nitrogen and oxygen atoms in total. The highest BCUT2D eigenvalue weighted by Crippen LogP contribution is 2.24. The van der Waals surface area contributed by atoms with Gasteiger partial charge in [-0.05, 0) is 55.7 Å². The van der Waals surface area contributed by atoms with Gasteiger partial charge in [-0.25, -0.2) is 8.42 Å². The summed E-state index contributed by atoms with van der Waals surface area (Å²) in [6.07, 6.45) is 8.79. The Bertz CT molecular complexity index is 724. The maximum Gasteiger partial charge on any atom is 0.243 e. The van der Waals surface area contributed by atoms with Crippen LogP contribution in [-0.4, -0.2) is 37.8 Å². The number of aryl methyl sites for hydroxylation is 1. The second-order valence-electron chi connectivity index (χ2n) is 8.04. The normalized spacial score (nSPS) is 24.5. The van der Waals surface area contributed by atoms with Crippen molar-refractivity contribution >= 4 is 15.9 Å². The van der Waals surface area contributed by atoms with Crippen molar-refractivity contribution in [1.82, 2.24) is 9.62 Å². The van der Waals surface area contributed by atoms with Gasteiger partial charge < -0.3 is 5.32 Å². The first-order valence-corrected chi connectivity index (χ1v) is 11.8. The van der Waals surface area contributed by atoms with Gasteiger partial charge in [0.15, 0.2) is 0 Å². The molecule has 1 saturated carbocycles. The zero-order valence-electron chi connectivity index (χ0n) is 16.3. The third-order valence-electron chi connectivity index (χ3n) is 5.97. The molecule has 1 amide bonds. The average molecular weight is 393 g/mol. The Labute approximate surface area is 163 Å². The smallest absolute Gasteiger partial charge is 0.243 e. The summed E-state index contributed by atoms with van der Waals surface area (Å²) in [4.78, 5) is 12.6. The summed E-state index contributed by atoms with van der Waals surface area (Å²) in [5.41, 5.74) is 0.999. The van der Waals surface area contributed by atoms with Crippen LogP contribution in [0.25, 0.3) is 0 Å². The summed E-state index contributed by atoms with van der Waals surface area (Å²) in [6.45, 7) is 3.44. The van der Waals surface area contributed by atoms with Crippen molar-refractivity contribution in [3.8, 4) is 0 Å². The number of nitrogens with one attached hydrogen (secondary N) is 1. The monoisotopic (exact) mass is 392 g/mol. The van der Waals surface area contributed by atoms with Gasteiger partial charge in [0.25, 0.3) is 0 Å². The topological polar surface area (TPSA) is 66.5 Å². The van der Waals surface area contributed by atoms with Gasteiger partial charge in [0.2, 0.25) is 15.9 Å². The highest BCUT2D eigenvalue weighted by molar-refractivity contribution is 7.89. The molecule has 1 heterocycles. The van der Waals surface area contributed by atoms with Crippen LogP contribution in [0.1, 0.15) is 63.9 Å². The molecule has 3 rings (SSSR count). The number of piperidine rings is 1. The van der Waals surface area contributed by atoms with Gasteiger partial charge >= 0.3 is 0 Å². The Kier molecular flexibility index (Phi) is 6.93. The number of sulfonamides is 1. The maximum atomic E-state index is 12.7. The van der Waals surface area contributed by atoms with E-state index in [4.69, 9.17) is 0 Å². The van der Waals surface area contributed by atoms with Gasteiger partial charge in [0.05, 0.1) is 4.90 Å². The summed E-state index contributed by atoms with van der Waals surface area (Å²) in [5, 5.41) is 3.18. The van der Waals surface area contributed by atoms with Crippen molar-refractivity contribution in [1.29, 1.82) is 0 Å². The fourth-order valence-electron chi connectivity index (χ4n) is 4.15. The third kappa shape index (κ3) is 5.32. The van der Waals surface area contributed by atoms with E-state index < -0.39 is 10.0 Å². The zero-order valence-corrected chi connectivity index (χ0v) is 17.1. The van der Waals surface area contributed by atoms with E-state index in [-0.39, 0.29) is 5.91 Å². The summed E-state index contributed by atoms with van der Waals surface area (Å²) < 4.78 is 26.9. The molecule has 27 heavy (non-hydrogen) atoms. The quantitative estimate of drug-likeness (QED) is 0.806. The van der Waals surface area contributed by atoms with Gasteiger partial charge in [0.1, 0.15) is 0 Å².